The molecule has 0 saturated carbocycles. The molecule has 6 nitrogen and oxygen atoms in total. The topological polar surface area (TPSA) is 69.0 Å². The van der Waals surface area contributed by atoms with Crippen molar-refractivity contribution in [3.63, 3.8) is 0 Å². The van der Waals surface area contributed by atoms with Crippen LogP contribution in [-0.2, 0) is 6.54 Å². The van der Waals surface area contributed by atoms with Crippen molar-refractivity contribution in [3.8, 4) is 11.5 Å². The van der Waals surface area contributed by atoms with E-state index < -0.39 is 11.9 Å². The third-order valence-corrected chi connectivity index (χ3v) is 7.38. The van der Waals surface area contributed by atoms with Gasteiger partial charge in [-0.3, -0.25) is 9.59 Å². The van der Waals surface area contributed by atoms with Crippen LogP contribution in [0.15, 0.2) is 63.8 Å². The van der Waals surface area contributed by atoms with Crippen LogP contribution in [0.1, 0.15) is 71.6 Å². The number of carbonyl (C=O) groups excluding carboxylic acids is 1. The monoisotopic (exact) mass is 543 g/mol. The summed E-state index contributed by atoms with van der Waals surface area (Å²) in [5.41, 5.74) is 3.79. The van der Waals surface area contributed by atoms with Crippen molar-refractivity contribution < 1.29 is 23.1 Å². The molecule has 0 aliphatic carbocycles. The standard InChI is InChI=1S/C33H34FNO5/c1-6-38-28-17-23(9-12-26(28)39-14-13-19(2)3)30-29-31(36)25-15-20(4)21(5)16-27(25)40-32(29)33(37)35(30)18-22-7-10-24(34)11-8-22/h7-12,15-17,19,30H,6,13-14,18H2,1-5H3. The van der Waals surface area contributed by atoms with Gasteiger partial charge in [0, 0.05) is 6.54 Å². The first-order valence-electron chi connectivity index (χ1n) is 13.7. The van der Waals surface area contributed by atoms with Crippen LogP contribution in [0, 0.1) is 25.6 Å². The van der Waals surface area contributed by atoms with Gasteiger partial charge >= 0.3 is 0 Å². The van der Waals surface area contributed by atoms with Crippen molar-refractivity contribution in [1.82, 2.24) is 4.90 Å². The van der Waals surface area contributed by atoms with E-state index in [1.165, 1.54) is 12.1 Å². The van der Waals surface area contributed by atoms with E-state index in [-0.39, 0.29) is 23.6 Å². The number of hydrogen-bond donors (Lipinski definition) is 0. The summed E-state index contributed by atoms with van der Waals surface area (Å²) in [4.78, 5) is 29.4. The maximum absolute atomic E-state index is 14.0. The van der Waals surface area contributed by atoms with E-state index in [1.807, 2.05) is 45.0 Å². The van der Waals surface area contributed by atoms with Crippen LogP contribution in [-0.4, -0.2) is 24.0 Å². The number of halogens is 1. The molecular formula is C33H34FNO5. The van der Waals surface area contributed by atoms with E-state index >= 15 is 0 Å². The first-order chi connectivity index (χ1) is 19.2. The zero-order valence-electron chi connectivity index (χ0n) is 23.5. The summed E-state index contributed by atoms with van der Waals surface area (Å²) in [7, 11) is 0. The molecule has 0 saturated heterocycles. The minimum atomic E-state index is -0.723. The molecule has 1 unspecified atom stereocenters. The predicted molar refractivity (Wildman–Crippen MR) is 153 cm³/mol. The lowest BCUT2D eigenvalue weighted by Gasteiger charge is -2.26. The highest BCUT2D eigenvalue weighted by molar-refractivity contribution is 5.99. The number of nitrogens with zero attached hydrogens (tertiary/aromatic N) is 1. The third kappa shape index (κ3) is 5.20. The van der Waals surface area contributed by atoms with Gasteiger partial charge in [0.1, 0.15) is 11.4 Å². The lowest BCUT2D eigenvalue weighted by Crippen LogP contribution is -2.29. The van der Waals surface area contributed by atoms with Gasteiger partial charge in [0.2, 0.25) is 5.76 Å². The van der Waals surface area contributed by atoms with Gasteiger partial charge in [0.25, 0.3) is 5.91 Å². The van der Waals surface area contributed by atoms with Crippen LogP contribution in [0.25, 0.3) is 11.0 Å². The minimum Gasteiger partial charge on any atom is -0.490 e. The maximum atomic E-state index is 14.0. The van der Waals surface area contributed by atoms with E-state index in [1.54, 1.807) is 23.1 Å². The number of carbonyl (C=O) groups is 1. The number of hydrogen-bond acceptors (Lipinski definition) is 5. The fourth-order valence-electron chi connectivity index (χ4n) is 5.06. The number of benzene rings is 3. The molecule has 1 aliphatic heterocycles. The molecular weight excluding hydrogens is 509 g/mol. The minimum absolute atomic E-state index is 0.0306. The number of amides is 1. The number of rotatable bonds is 9. The predicted octanol–water partition coefficient (Wildman–Crippen LogP) is 7.12. The summed E-state index contributed by atoms with van der Waals surface area (Å²) in [6, 6.07) is 14.4. The molecule has 0 radical (unpaired) electrons. The van der Waals surface area contributed by atoms with Crippen LogP contribution >= 0.6 is 0 Å². The molecule has 1 amide bonds. The van der Waals surface area contributed by atoms with Gasteiger partial charge in [0.15, 0.2) is 16.9 Å². The maximum Gasteiger partial charge on any atom is 0.291 e. The Morgan fingerprint density at radius 2 is 1.68 bits per heavy atom. The summed E-state index contributed by atoms with van der Waals surface area (Å²) >= 11 is 0. The molecule has 1 atom stereocenters. The largest absolute Gasteiger partial charge is 0.490 e. The second kappa shape index (κ2) is 11.2. The third-order valence-electron chi connectivity index (χ3n) is 7.38. The average Bonchev–Trinajstić information content (AvgIpc) is 3.19. The van der Waals surface area contributed by atoms with Crippen LogP contribution in [0.4, 0.5) is 4.39 Å². The van der Waals surface area contributed by atoms with Crippen LogP contribution in [0.3, 0.4) is 0 Å². The van der Waals surface area contributed by atoms with E-state index in [9.17, 15) is 14.0 Å². The van der Waals surface area contributed by atoms with E-state index in [0.29, 0.717) is 52.7 Å². The van der Waals surface area contributed by atoms with Crippen molar-refractivity contribution in [2.45, 2.75) is 53.6 Å². The van der Waals surface area contributed by atoms with E-state index in [4.69, 9.17) is 13.9 Å². The Morgan fingerprint density at radius 3 is 2.38 bits per heavy atom. The summed E-state index contributed by atoms with van der Waals surface area (Å²) in [6.07, 6.45) is 0.899. The molecule has 208 valence electrons. The summed E-state index contributed by atoms with van der Waals surface area (Å²) in [5.74, 6) is 0.928. The number of aryl methyl sites for hydroxylation is 2. The average molecular weight is 544 g/mol. The first kappa shape index (κ1) is 27.4. The van der Waals surface area contributed by atoms with Crippen LogP contribution < -0.4 is 14.9 Å². The number of ether oxygens (including phenoxy) is 2. The van der Waals surface area contributed by atoms with Gasteiger partial charge in [-0.15, -0.1) is 0 Å². The van der Waals surface area contributed by atoms with Gasteiger partial charge in [-0.25, -0.2) is 4.39 Å². The molecule has 0 bridgehead atoms. The highest BCUT2D eigenvalue weighted by atomic mass is 19.1. The van der Waals surface area contributed by atoms with Gasteiger partial charge in [-0.2, -0.15) is 0 Å². The molecule has 3 aromatic carbocycles. The van der Waals surface area contributed by atoms with Crippen molar-refractivity contribution in [1.29, 1.82) is 0 Å². The Kier molecular flexibility index (Phi) is 7.66. The summed E-state index contributed by atoms with van der Waals surface area (Å²) < 4.78 is 31.7. The second-order valence-corrected chi connectivity index (χ2v) is 10.7. The van der Waals surface area contributed by atoms with Gasteiger partial charge < -0.3 is 18.8 Å². The Morgan fingerprint density at radius 1 is 0.950 bits per heavy atom. The van der Waals surface area contributed by atoms with Crippen LogP contribution in [0.5, 0.6) is 11.5 Å². The van der Waals surface area contributed by atoms with Crippen LogP contribution in [0.2, 0.25) is 0 Å². The molecule has 0 fully saturated rings. The Hall–Kier alpha value is -4.13. The normalized spacial score (nSPS) is 14.7. The molecule has 4 aromatic rings. The quantitative estimate of drug-likeness (QED) is 0.225. The first-order valence-corrected chi connectivity index (χ1v) is 13.7. The fourth-order valence-corrected chi connectivity index (χ4v) is 5.06. The van der Waals surface area contributed by atoms with Crippen molar-refractivity contribution in [2.24, 2.45) is 5.92 Å². The van der Waals surface area contributed by atoms with Crippen molar-refractivity contribution >= 4 is 16.9 Å². The van der Waals surface area contributed by atoms with Crippen molar-refractivity contribution in [2.75, 3.05) is 13.2 Å². The lowest BCUT2D eigenvalue weighted by molar-refractivity contribution is 0.0714. The molecule has 2 heterocycles. The Labute approximate surface area is 233 Å². The lowest BCUT2D eigenvalue weighted by atomic mass is 9.97. The molecule has 7 heteroatoms. The molecule has 0 spiro atoms. The SMILES string of the molecule is CCOc1cc(C2c3c(oc4cc(C)c(C)cc4c3=O)C(=O)N2Cc2ccc(F)cc2)ccc1OCCC(C)C. The highest BCUT2D eigenvalue weighted by Crippen LogP contribution is 2.42. The summed E-state index contributed by atoms with van der Waals surface area (Å²) in [6.45, 7) is 11.2. The highest BCUT2D eigenvalue weighted by Gasteiger charge is 2.43. The second-order valence-electron chi connectivity index (χ2n) is 10.7. The smallest absolute Gasteiger partial charge is 0.291 e. The summed E-state index contributed by atoms with van der Waals surface area (Å²) in [5, 5.41) is 0.432. The van der Waals surface area contributed by atoms with Gasteiger partial charge in [-0.1, -0.05) is 32.0 Å². The molecule has 1 aromatic heterocycles. The molecule has 0 N–H and O–H groups in total. The van der Waals surface area contributed by atoms with E-state index in [2.05, 4.69) is 13.8 Å². The molecule has 5 rings (SSSR count). The number of fused-ring (bicyclic) bond motifs is 2. The van der Waals surface area contributed by atoms with Gasteiger partial charge in [0.05, 0.1) is 30.2 Å². The Bertz CT molecular complexity index is 1620. The van der Waals surface area contributed by atoms with E-state index in [0.717, 1.165) is 23.1 Å². The van der Waals surface area contributed by atoms with Crippen molar-refractivity contribution in [3.05, 3.63) is 104 Å². The van der Waals surface area contributed by atoms with Gasteiger partial charge in [-0.05, 0) is 91.8 Å². The zero-order valence-corrected chi connectivity index (χ0v) is 23.5. The zero-order chi connectivity index (χ0) is 28.6. The molecule has 1 aliphatic rings. The Balaban J connectivity index is 1.65. The molecule has 40 heavy (non-hydrogen) atoms. The fraction of sp³-hybridized carbons (Fsp3) is 0.333.